The van der Waals surface area contributed by atoms with Gasteiger partial charge in [-0.15, -0.1) is 0 Å². The van der Waals surface area contributed by atoms with E-state index in [1.807, 2.05) is 0 Å². The molecule has 1 aromatic rings. The third kappa shape index (κ3) is 6.79. The lowest BCUT2D eigenvalue weighted by Crippen LogP contribution is -2.11. The van der Waals surface area contributed by atoms with Crippen LogP contribution < -0.4 is 5.73 Å². The smallest absolute Gasteiger partial charge is 0.376 e. The summed E-state index contributed by atoms with van der Waals surface area (Å²) in [4.78, 5) is 0. The van der Waals surface area contributed by atoms with Crippen LogP contribution in [0.5, 0.6) is 0 Å². The number of rotatable bonds is 4. The summed E-state index contributed by atoms with van der Waals surface area (Å²) >= 11 is 0. The second kappa shape index (κ2) is 7.12. The first-order valence-electron chi connectivity index (χ1n) is 5.53. The van der Waals surface area contributed by atoms with Crippen molar-refractivity contribution in [2.45, 2.75) is 19.2 Å². The summed E-state index contributed by atoms with van der Waals surface area (Å²) in [6, 6.07) is 3.97. The van der Waals surface area contributed by atoms with E-state index in [9.17, 15) is 17.6 Å². The van der Waals surface area contributed by atoms with Crippen molar-refractivity contribution in [1.29, 1.82) is 0 Å². The third-order valence-corrected chi connectivity index (χ3v) is 2.09. The molecule has 1 rings (SSSR count). The average molecular weight is 275 g/mol. The van der Waals surface area contributed by atoms with E-state index in [4.69, 9.17) is 10.5 Å². The molecule has 0 amide bonds. The molecule has 6 heteroatoms. The molecule has 0 atom stereocenters. The van der Waals surface area contributed by atoms with E-state index in [0.29, 0.717) is 11.1 Å². The number of alkyl halides is 3. The maximum absolute atomic E-state index is 13.2. The van der Waals surface area contributed by atoms with Gasteiger partial charge in [-0.05, 0) is 23.8 Å². The first kappa shape index (κ1) is 15.5. The summed E-state index contributed by atoms with van der Waals surface area (Å²) in [5.74, 6) is 4.70. The van der Waals surface area contributed by atoms with Crippen LogP contribution in [0.25, 0.3) is 0 Å². The van der Waals surface area contributed by atoms with E-state index in [1.54, 1.807) is 6.07 Å². The van der Waals surface area contributed by atoms with Crippen molar-refractivity contribution in [1.82, 2.24) is 0 Å². The summed E-state index contributed by atoms with van der Waals surface area (Å²) in [5.41, 5.74) is 6.04. The molecule has 0 fully saturated rings. The molecule has 0 aliphatic rings. The Bertz CT molecular complexity index is 474. The average Bonchev–Trinajstić information content (AvgIpc) is 2.30. The monoisotopic (exact) mass is 275 g/mol. The highest BCUT2D eigenvalue weighted by Gasteiger charge is 2.26. The van der Waals surface area contributed by atoms with Crippen molar-refractivity contribution in [2.24, 2.45) is 5.73 Å². The summed E-state index contributed by atoms with van der Waals surface area (Å²) in [5, 5.41) is 0. The molecule has 2 N–H and O–H groups in total. The Morgan fingerprint density at radius 1 is 1.21 bits per heavy atom. The van der Waals surface area contributed by atoms with Crippen molar-refractivity contribution in [3.05, 3.63) is 35.1 Å². The van der Waals surface area contributed by atoms with E-state index in [2.05, 4.69) is 11.8 Å². The molecule has 0 radical (unpaired) electrons. The van der Waals surface area contributed by atoms with Gasteiger partial charge in [-0.3, -0.25) is 0 Å². The Balaban J connectivity index is 2.56. The quantitative estimate of drug-likeness (QED) is 0.521. The predicted molar refractivity (Wildman–Crippen MR) is 62.7 cm³/mol. The zero-order chi connectivity index (χ0) is 14.3. The maximum atomic E-state index is 13.2. The normalized spacial score (nSPS) is 11.0. The van der Waals surface area contributed by atoms with Gasteiger partial charge in [0.1, 0.15) is 5.82 Å². The Kier molecular flexibility index (Phi) is 5.80. The van der Waals surface area contributed by atoms with Crippen LogP contribution in [-0.2, 0) is 11.3 Å². The number of hydrogen-bond donors (Lipinski definition) is 1. The van der Waals surface area contributed by atoms with Crippen LogP contribution in [0.1, 0.15) is 17.5 Å². The van der Waals surface area contributed by atoms with Crippen LogP contribution >= 0.6 is 0 Å². The van der Waals surface area contributed by atoms with Gasteiger partial charge in [0.15, 0.2) is 0 Å². The van der Waals surface area contributed by atoms with Gasteiger partial charge in [0.05, 0.1) is 26.2 Å². The van der Waals surface area contributed by atoms with Crippen LogP contribution in [-0.4, -0.2) is 19.3 Å². The number of nitrogens with two attached hydrogens (primary N) is 1. The number of halogens is 4. The molecule has 0 bridgehead atoms. The molecule has 0 saturated carbocycles. The van der Waals surface area contributed by atoms with Crippen molar-refractivity contribution in [2.75, 3.05) is 13.2 Å². The van der Waals surface area contributed by atoms with Gasteiger partial charge < -0.3 is 10.5 Å². The van der Waals surface area contributed by atoms with Crippen molar-refractivity contribution < 1.29 is 22.3 Å². The standard InChI is InChI=1S/C13H13F4NO/c14-12-7-10(2-1-4-18)6-11(8-12)9-19-5-3-13(15,16)17/h6-8H,3-5,9,18H2. The van der Waals surface area contributed by atoms with E-state index in [-0.39, 0.29) is 13.2 Å². The Labute approximate surface area is 108 Å². The van der Waals surface area contributed by atoms with E-state index in [1.165, 1.54) is 12.1 Å². The fourth-order valence-electron chi connectivity index (χ4n) is 1.34. The molecule has 0 spiro atoms. The molecule has 19 heavy (non-hydrogen) atoms. The second-order valence-corrected chi connectivity index (χ2v) is 3.77. The lowest BCUT2D eigenvalue weighted by atomic mass is 10.1. The van der Waals surface area contributed by atoms with Gasteiger partial charge in [0, 0.05) is 5.56 Å². The SMILES string of the molecule is NCC#Cc1cc(F)cc(COCCC(F)(F)F)c1. The topological polar surface area (TPSA) is 35.2 Å². The van der Waals surface area contributed by atoms with Crippen LogP contribution in [0.2, 0.25) is 0 Å². The second-order valence-electron chi connectivity index (χ2n) is 3.77. The molecule has 2 nitrogen and oxygen atoms in total. The van der Waals surface area contributed by atoms with Gasteiger partial charge in [-0.1, -0.05) is 11.8 Å². The van der Waals surface area contributed by atoms with E-state index < -0.39 is 25.0 Å². The van der Waals surface area contributed by atoms with Gasteiger partial charge >= 0.3 is 6.18 Å². The molecule has 0 unspecified atom stereocenters. The highest BCUT2D eigenvalue weighted by molar-refractivity contribution is 5.37. The first-order valence-corrected chi connectivity index (χ1v) is 5.53. The summed E-state index contributed by atoms with van der Waals surface area (Å²) in [6.07, 6.45) is -5.28. The lowest BCUT2D eigenvalue weighted by Gasteiger charge is -2.07. The molecule has 0 aliphatic heterocycles. The van der Waals surface area contributed by atoms with Crippen LogP contribution in [0, 0.1) is 17.7 Å². The molecular weight excluding hydrogens is 262 g/mol. The number of ether oxygens (including phenoxy) is 1. The number of benzene rings is 1. The van der Waals surface area contributed by atoms with Crippen LogP contribution in [0.4, 0.5) is 17.6 Å². The highest BCUT2D eigenvalue weighted by atomic mass is 19.4. The molecule has 0 aromatic heterocycles. The minimum atomic E-state index is -4.25. The van der Waals surface area contributed by atoms with Crippen LogP contribution in [0.15, 0.2) is 18.2 Å². The Hall–Kier alpha value is -1.58. The zero-order valence-corrected chi connectivity index (χ0v) is 10.1. The largest absolute Gasteiger partial charge is 0.391 e. The summed E-state index contributed by atoms with van der Waals surface area (Å²) < 4.78 is 53.7. The van der Waals surface area contributed by atoms with Gasteiger partial charge in [-0.2, -0.15) is 13.2 Å². The van der Waals surface area contributed by atoms with Crippen molar-refractivity contribution >= 4 is 0 Å². The first-order chi connectivity index (χ1) is 8.90. The van der Waals surface area contributed by atoms with Gasteiger partial charge in [-0.25, -0.2) is 4.39 Å². The summed E-state index contributed by atoms with van der Waals surface area (Å²) in [7, 11) is 0. The fraction of sp³-hybridized carbons (Fsp3) is 0.385. The zero-order valence-electron chi connectivity index (χ0n) is 10.1. The van der Waals surface area contributed by atoms with Crippen LogP contribution in [0.3, 0.4) is 0 Å². The van der Waals surface area contributed by atoms with E-state index in [0.717, 1.165) is 0 Å². The minimum Gasteiger partial charge on any atom is -0.376 e. The molecular formula is C13H13F4NO. The van der Waals surface area contributed by atoms with Crippen molar-refractivity contribution in [3.8, 4) is 11.8 Å². The summed E-state index contributed by atoms with van der Waals surface area (Å²) in [6.45, 7) is -0.400. The third-order valence-electron chi connectivity index (χ3n) is 2.09. The number of hydrogen-bond acceptors (Lipinski definition) is 2. The fourth-order valence-corrected chi connectivity index (χ4v) is 1.34. The maximum Gasteiger partial charge on any atom is 0.391 e. The molecule has 0 heterocycles. The molecule has 0 aliphatic carbocycles. The molecule has 0 saturated heterocycles. The minimum absolute atomic E-state index is 0.0921. The Morgan fingerprint density at radius 3 is 2.58 bits per heavy atom. The molecule has 104 valence electrons. The Morgan fingerprint density at radius 2 is 1.95 bits per heavy atom. The van der Waals surface area contributed by atoms with Gasteiger partial charge in [0.25, 0.3) is 0 Å². The molecule has 1 aromatic carbocycles. The predicted octanol–water partition coefficient (Wildman–Crippen LogP) is 2.60. The highest BCUT2D eigenvalue weighted by Crippen LogP contribution is 2.19. The van der Waals surface area contributed by atoms with E-state index >= 15 is 0 Å². The van der Waals surface area contributed by atoms with Crippen molar-refractivity contribution in [3.63, 3.8) is 0 Å². The lowest BCUT2D eigenvalue weighted by molar-refractivity contribution is -0.146. The van der Waals surface area contributed by atoms with Gasteiger partial charge in [0.2, 0.25) is 0 Å².